The summed E-state index contributed by atoms with van der Waals surface area (Å²) >= 11 is 0. The number of anilines is 1. The van der Waals surface area contributed by atoms with Crippen molar-refractivity contribution in [2.45, 2.75) is 13.3 Å². The highest BCUT2D eigenvalue weighted by Gasteiger charge is 2.28. The number of rotatable bonds is 2. The van der Waals surface area contributed by atoms with Crippen LogP contribution in [0.3, 0.4) is 0 Å². The maximum absolute atomic E-state index is 11.6. The van der Waals surface area contributed by atoms with E-state index >= 15 is 0 Å². The van der Waals surface area contributed by atoms with Crippen LogP contribution in [-0.4, -0.2) is 34.2 Å². The van der Waals surface area contributed by atoms with Crippen LogP contribution in [0.25, 0.3) is 0 Å². The van der Waals surface area contributed by atoms with E-state index in [1.165, 1.54) is 6.20 Å². The smallest absolute Gasteiger partial charge is 0.321 e. The molecule has 5 nitrogen and oxygen atoms in total. The molecule has 0 bridgehead atoms. The van der Waals surface area contributed by atoms with Crippen LogP contribution < -0.4 is 5.32 Å². The Labute approximate surface area is 88.5 Å². The van der Waals surface area contributed by atoms with Gasteiger partial charge in [0.05, 0.1) is 18.1 Å². The third-order valence-corrected chi connectivity index (χ3v) is 2.66. The maximum Gasteiger partial charge on any atom is 0.321 e. The number of urea groups is 1. The molecule has 1 aromatic rings. The first kappa shape index (κ1) is 9.89. The Kier molecular flexibility index (Phi) is 2.80. The van der Waals surface area contributed by atoms with Crippen LogP contribution in [0, 0.1) is 5.92 Å². The molecule has 0 aliphatic carbocycles. The van der Waals surface area contributed by atoms with Gasteiger partial charge in [0.15, 0.2) is 0 Å². The highest BCUT2D eigenvalue weighted by molar-refractivity contribution is 5.89. The van der Waals surface area contributed by atoms with Crippen molar-refractivity contribution >= 4 is 11.7 Å². The lowest BCUT2D eigenvalue weighted by molar-refractivity contribution is 0.129. The Morgan fingerprint density at radius 3 is 3.00 bits per heavy atom. The van der Waals surface area contributed by atoms with E-state index in [1.54, 1.807) is 17.2 Å². The summed E-state index contributed by atoms with van der Waals surface area (Å²) in [5.41, 5.74) is 0.690. The van der Waals surface area contributed by atoms with E-state index in [4.69, 9.17) is 0 Å². The zero-order valence-corrected chi connectivity index (χ0v) is 8.68. The number of carbonyl (C=O) groups is 1. The summed E-state index contributed by atoms with van der Waals surface area (Å²) in [6.07, 6.45) is 4.23. The number of nitrogens with one attached hydrogen (secondary N) is 1. The highest BCUT2D eigenvalue weighted by atomic mass is 16.2. The normalized spacial score (nSPS) is 15.9. The van der Waals surface area contributed by atoms with Gasteiger partial charge in [0.2, 0.25) is 0 Å². The average molecular weight is 206 g/mol. The van der Waals surface area contributed by atoms with Crippen LogP contribution >= 0.6 is 0 Å². The minimum Gasteiger partial charge on any atom is -0.324 e. The Morgan fingerprint density at radius 1 is 1.60 bits per heavy atom. The number of aromatic nitrogens is 2. The third-order valence-electron chi connectivity index (χ3n) is 2.66. The topological polar surface area (TPSA) is 58.1 Å². The van der Waals surface area contributed by atoms with Crippen molar-refractivity contribution in [1.82, 2.24) is 15.1 Å². The summed E-state index contributed by atoms with van der Waals surface area (Å²) in [6.45, 7) is 3.87. The lowest BCUT2D eigenvalue weighted by atomic mass is 9.98. The number of hydrogen-bond acceptors (Lipinski definition) is 3. The van der Waals surface area contributed by atoms with Gasteiger partial charge in [0, 0.05) is 13.1 Å². The van der Waals surface area contributed by atoms with E-state index in [-0.39, 0.29) is 6.03 Å². The first-order chi connectivity index (χ1) is 7.29. The monoisotopic (exact) mass is 206 g/mol. The Balaban J connectivity index is 1.84. The number of hydrogen-bond donors (Lipinski definition) is 1. The van der Waals surface area contributed by atoms with Gasteiger partial charge < -0.3 is 10.2 Å². The minimum atomic E-state index is -0.0484. The molecule has 1 aliphatic rings. The molecule has 0 atom stereocenters. The summed E-state index contributed by atoms with van der Waals surface area (Å²) in [7, 11) is 0. The fraction of sp³-hybridized carbons (Fsp3) is 0.500. The van der Waals surface area contributed by atoms with Gasteiger partial charge in [0.25, 0.3) is 0 Å². The number of amides is 2. The minimum absolute atomic E-state index is 0.0484. The molecule has 2 amide bonds. The molecule has 0 saturated carbocycles. The lowest BCUT2D eigenvalue weighted by Gasteiger charge is -2.38. The second-order valence-electron chi connectivity index (χ2n) is 3.74. The molecule has 80 valence electrons. The summed E-state index contributed by atoms with van der Waals surface area (Å²) in [6, 6.07) is 1.68. The van der Waals surface area contributed by atoms with Crippen LogP contribution in [0.4, 0.5) is 10.5 Å². The van der Waals surface area contributed by atoms with E-state index < -0.39 is 0 Å². The predicted octanol–water partition coefficient (Wildman–Crippen LogP) is 1.35. The van der Waals surface area contributed by atoms with Crippen molar-refractivity contribution in [3.63, 3.8) is 0 Å². The molecule has 1 saturated heterocycles. The molecule has 1 fully saturated rings. The van der Waals surface area contributed by atoms with Gasteiger partial charge in [-0.1, -0.05) is 6.92 Å². The van der Waals surface area contributed by atoms with Crippen molar-refractivity contribution in [3.05, 3.63) is 18.5 Å². The van der Waals surface area contributed by atoms with Crippen LogP contribution in [0.15, 0.2) is 18.5 Å². The number of carbonyl (C=O) groups excluding carboxylic acids is 1. The first-order valence-electron chi connectivity index (χ1n) is 5.12. The molecule has 2 heterocycles. The van der Waals surface area contributed by atoms with E-state index in [0.717, 1.165) is 19.5 Å². The van der Waals surface area contributed by atoms with Gasteiger partial charge in [-0.15, -0.1) is 0 Å². The molecule has 0 aromatic carbocycles. The standard InChI is InChI=1S/C10H14N4O/c1-2-8-6-14(7-8)10(15)13-9-3-4-11-12-5-9/h3-5,8H,2,6-7H2,1H3,(H,11,13,15). The lowest BCUT2D eigenvalue weighted by Crippen LogP contribution is -2.51. The molecular weight excluding hydrogens is 192 g/mol. The van der Waals surface area contributed by atoms with E-state index in [2.05, 4.69) is 22.4 Å². The summed E-state index contributed by atoms with van der Waals surface area (Å²) < 4.78 is 0. The Morgan fingerprint density at radius 2 is 2.40 bits per heavy atom. The van der Waals surface area contributed by atoms with E-state index in [1.807, 2.05) is 0 Å². The quantitative estimate of drug-likeness (QED) is 0.794. The maximum atomic E-state index is 11.6. The van der Waals surface area contributed by atoms with Crippen molar-refractivity contribution in [3.8, 4) is 0 Å². The number of likely N-dealkylation sites (tertiary alicyclic amines) is 1. The fourth-order valence-corrected chi connectivity index (χ4v) is 1.56. The van der Waals surface area contributed by atoms with E-state index in [0.29, 0.717) is 11.6 Å². The highest BCUT2D eigenvalue weighted by Crippen LogP contribution is 2.19. The zero-order chi connectivity index (χ0) is 10.7. The molecule has 15 heavy (non-hydrogen) atoms. The molecule has 5 heteroatoms. The second kappa shape index (κ2) is 4.25. The van der Waals surface area contributed by atoms with Crippen LogP contribution in [0.1, 0.15) is 13.3 Å². The van der Waals surface area contributed by atoms with Gasteiger partial charge in [-0.2, -0.15) is 10.2 Å². The van der Waals surface area contributed by atoms with Gasteiger partial charge in [-0.3, -0.25) is 0 Å². The van der Waals surface area contributed by atoms with Crippen molar-refractivity contribution in [1.29, 1.82) is 0 Å². The number of nitrogens with zero attached hydrogens (tertiary/aromatic N) is 3. The molecule has 0 unspecified atom stereocenters. The second-order valence-corrected chi connectivity index (χ2v) is 3.74. The molecule has 0 radical (unpaired) electrons. The molecular formula is C10H14N4O. The van der Waals surface area contributed by atoms with Crippen LogP contribution in [0.5, 0.6) is 0 Å². The molecule has 1 N–H and O–H groups in total. The first-order valence-corrected chi connectivity index (χ1v) is 5.12. The predicted molar refractivity (Wildman–Crippen MR) is 56.4 cm³/mol. The average Bonchev–Trinajstić information content (AvgIpc) is 2.17. The van der Waals surface area contributed by atoms with Crippen molar-refractivity contribution < 1.29 is 4.79 Å². The van der Waals surface area contributed by atoms with Gasteiger partial charge in [-0.05, 0) is 18.4 Å². The van der Waals surface area contributed by atoms with Crippen LogP contribution in [0.2, 0.25) is 0 Å². The molecule has 1 aliphatic heterocycles. The SMILES string of the molecule is CCC1CN(C(=O)Nc2ccnnc2)C1. The van der Waals surface area contributed by atoms with Crippen molar-refractivity contribution in [2.24, 2.45) is 5.92 Å². The molecule has 1 aromatic heterocycles. The zero-order valence-electron chi connectivity index (χ0n) is 8.68. The fourth-order valence-electron chi connectivity index (χ4n) is 1.56. The summed E-state index contributed by atoms with van der Waals surface area (Å²) in [4.78, 5) is 13.4. The van der Waals surface area contributed by atoms with Crippen LogP contribution in [-0.2, 0) is 0 Å². The van der Waals surface area contributed by atoms with Gasteiger partial charge in [0.1, 0.15) is 0 Å². The summed E-state index contributed by atoms with van der Waals surface area (Å²) in [5, 5.41) is 10.1. The Bertz CT molecular complexity index is 335. The Hall–Kier alpha value is -1.65. The molecule has 0 spiro atoms. The molecule has 2 rings (SSSR count). The van der Waals surface area contributed by atoms with Gasteiger partial charge >= 0.3 is 6.03 Å². The third kappa shape index (κ3) is 2.23. The van der Waals surface area contributed by atoms with Gasteiger partial charge in [-0.25, -0.2) is 4.79 Å². The largest absolute Gasteiger partial charge is 0.324 e. The summed E-state index contributed by atoms with van der Waals surface area (Å²) in [5.74, 6) is 0.673. The van der Waals surface area contributed by atoms with Crippen molar-refractivity contribution in [2.75, 3.05) is 18.4 Å². The van der Waals surface area contributed by atoms with E-state index in [9.17, 15) is 4.79 Å².